The molecule has 17 heavy (non-hydrogen) atoms. The van der Waals surface area contributed by atoms with Gasteiger partial charge in [-0.1, -0.05) is 23.4 Å². The second-order valence-electron chi connectivity index (χ2n) is 4.03. The van der Waals surface area contributed by atoms with Crippen molar-refractivity contribution in [2.45, 2.75) is 26.7 Å². The van der Waals surface area contributed by atoms with Crippen LogP contribution in [0.1, 0.15) is 28.4 Å². The van der Waals surface area contributed by atoms with E-state index in [0.717, 1.165) is 5.56 Å². The minimum atomic E-state index is 0.167. The van der Waals surface area contributed by atoms with Gasteiger partial charge in [0.25, 0.3) is 0 Å². The lowest BCUT2D eigenvalue weighted by Crippen LogP contribution is -1.93. The maximum Gasteiger partial charge on any atom is 0.240 e. The Hall–Kier alpha value is -2.15. The zero-order valence-corrected chi connectivity index (χ0v) is 9.90. The average Bonchev–Trinajstić information content (AvgIpc) is 2.72. The van der Waals surface area contributed by atoms with E-state index in [1.807, 2.05) is 6.07 Å². The summed E-state index contributed by atoms with van der Waals surface area (Å²) in [5.74, 6) is 1.00. The third kappa shape index (κ3) is 2.70. The van der Waals surface area contributed by atoms with E-state index in [1.54, 1.807) is 0 Å². The van der Waals surface area contributed by atoms with Crippen molar-refractivity contribution in [3.8, 4) is 6.07 Å². The molecule has 0 saturated heterocycles. The van der Waals surface area contributed by atoms with Crippen LogP contribution >= 0.6 is 0 Å². The van der Waals surface area contributed by atoms with E-state index in [9.17, 15) is 0 Å². The highest BCUT2D eigenvalue weighted by Crippen LogP contribution is 2.12. The van der Waals surface area contributed by atoms with Crippen molar-refractivity contribution in [1.29, 1.82) is 5.26 Å². The highest BCUT2D eigenvalue weighted by molar-refractivity contribution is 5.31. The Labute approximate surface area is 99.9 Å². The molecule has 0 amide bonds. The van der Waals surface area contributed by atoms with Crippen molar-refractivity contribution in [3.05, 3.63) is 46.6 Å². The molecule has 1 heterocycles. The number of nitriles is 1. The molecule has 0 aliphatic carbocycles. The molecule has 0 spiro atoms. The van der Waals surface area contributed by atoms with Crippen LogP contribution in [0.2, 0.25) is 0 Å². The topological polar surface area (TPSA) is 62.7 Å². The molecule has 0 unspecified atom stereocenters. The smallest absolute Gasteiger partial charge is 0.240 e. The lowest BCUT2D eigenvalue weighted by molar-refractivity contribution is 0.382. The summed E-state index contributed by atoms with van der Waals surface area (Å²) in [6, 6.07) is 8.24. The molecule has 0 aliphatic rings. The lowest BCUT2D eigenvalue weighted by Gasteiger charge is -2.02. The second-order valence-corrected chi connectivity index (χ2v) is 4.03. The summed E-state index contributed by atoms with van der Waals surface area (Å²) in [6.07, 6.45) is 0.802. The van der Waals surface area contributed by atoms with Gasteiger partial charge in [-0.2, -0.15) is 10.2 Å². The molecule has 0 fully saturated rings. The zero-order chi connectivity index (χ0) is 12.3. The molecule has 0 N–H and O–H groups in total. The zero-order valence-electron chi connectivity index (χ0n) is 9.90. The van der Waals surface area contributed by atoms with Crippen molar-refractivity contribution in [3.63, 3.8) is 0 Å². The van der Waals surface area contributed by atoms with E-state index in [2.05, 4.69) is 42.2 Å². The van der Waals surface area contributed by atoms with Gasteiger partial charge >= 0.3 is 0 Å². The number of nitrogens with zero attached hydrogens (tertiary/aromatic N) is 3. The van der Waals surface area contributed by atoms with Crippen LogP contribution in [0.4, 0.5) is 0 Å². The molecule has 1 aromatic carbocycles. The summed E-state index contributed by atoms with van der Waals surface area (Å²) >= 11 is 0. The first-order valence-electron chi connectivity index (χ1n) is 5.43. The van der Waals surface area contributed by atoms with Crippen LogP contribution in [0.15, 0.2) is 22.7 Å². The average molecular weight is 227 g/mol. The van der Waals surface area contributed by atoms with Crippen LogP contribution in [-0.2, 0) is 12.8 Å². The van der Waals surface area contributed by atoms with Gasteiger partial charge in [0.2, 0.25) is 5.89 Å². The molecular formula is C13H13N3O. The Balaban J connectivity index is 2.14. The molecule has 2 aromatic rings. The molecule has 1 aromatic heterocycles. The van der Waals surface area contributed by atoms with E-state index in [0.29, 0.717) is 18.1 Å². The van der Waals surface area contributed by atoms with Gasteiger partial charge in [0.1, 0.15) is 6.42 Å². The van der Waals surface area contributed by atoms with Gasteiger partial charge in [0.05, 0.1) is 6.07 Å². The summed E-state index contributed by atoms with van der Waals surface area (Å²) in [5, 5.41) is 12.4. The fourth-order valence-electron chi connectivity index (χ4n) is 1.60. The third-order valence-electron chi connectivity index (χ3n) is 2.67. The molecule has 2 rings (SSSR count). The van der Waals surface area contributed by atoms with Crippen molar-refractivity contribution in [1.82, 2.24) is 10.1 Å². The summed E-state index contributed by atoms with van der Waals surface area (Å²) < 4.78 is 4.95. The first-order chi connectivity index (χ1) is 8.19. The number of rotatable bonds is 3. The highest BCUT2D eigenvalue weighted by Gasteiger charge is 2.07. The summed E-state index contributed by atoms with van der Waals surface area (Å²) in [4.78, 5) is 4.15. The van der Waals surface area contributed by atoms with E-state index in [1.165, 1.54) is 11.1 Å². The first-order valence-corrected chi connectivity index (χ1v) is 5.43. The second kappa shape index (κ2) is 4.79. The molecule has 4 heteroatoms. The fourth-order valence-corrected chi connectivity index (χ4v) is 1.60. The summed E-state index contributed by atoms with van der Waals surface area (Å²) in [7, 11) is 0. The quantitative estimate of drug-likeness (QED) is 0.807. The molecule has 0 bridgehead atoms. The number of aromatic nitrogens is 2. The van der Waals surface area contributed by atoms with Crippen molar-refractivity contribution in [2.75, 3.05) is 0 Å². The minimum Gasteiger partial charge on any atom is -0.338 e. The van der Waals surface area contributed by atoms with Crippen LogP contribution in [0.5, 0.6) is 0 Å². The number of hydrogen-bond acceptors (Lipinski definition) is 4. The Bertz CT molecular complexity index is 566. The Morgan fingerprint density at radius 3 is 2.82 bits per heavy atom. The normalized spacial score (nSPS) is 10.2. The van der Waals surface area contributed by atoms with E-state index in [-0.39, 0.29) is 6.42 Å². The maximum absolute atomic E-state index is 8.51. The monoisotopic (exact) mass is 227 g/mol. The fraction of sp³-hybridized carbons (Fsp3) is 0.308. The summed E-state index contributed by atoms with van der Waals surface area (Å²) in [5.41, 5.74) is 3.67. The standard InChI is InChI=1S/C13H13N3O/c1-9-3-4-11(7-10(9)2)8-12-15-13(5-6-14)17-16-12/h3-4,7H,5,8H2,1-2H3. The Morgan fingerprint density at radius 1 is 1.29 bits per heavy atom. The number of benzene rings is 1. The van der Waals surface area contributed by atoms with Crippen LogP contribution in [0.3, 0.4) is 0 Å². The van der Waals surface area contributed by atoms with Crippen LogP contribution < -0.4 is 0 Å². The van der Waals surface area contributed by atoms with Gasteiger partial charge in [0, 0.05) is 6.42 Å². The maximum atomic E-state index is 8.51. The predicted molar refractivity (Wildman–Crippen MR) is 62.3 cm³/mol. The van der Waals surface area contributed by atoms with Crippen molar-refractivity contribution >= 4 is 0 Å². The predicted octanol–water partition coefficient (Wildman–Crippen LogP) is 2.34. The first kappa shape index (κ1) is 11.3. The van der Waals surface area contributed by atoms with Gasteiger partial charge < -0.3 is 4.52 Å². The SMILES string of the molecule is Cc1ccc(Cc2noc(CC#N)n2)cc1C. The minimum absolute atomic E-state index is 0.167. The number of aryl methyl sites for hydroxylation is 2. The van der Waals surface area contributed by atoms with E-state index in [4.69, 9.17) is 9.78 Å². The summed E-state index contributed by atoms with van der Waals surface area (Å²) in [6.45, 7) is 4.16. The van der Waals surface area contributed by atoms with Crippen molar-refractivity contribution < 1.29 is 4.52 Å². The molecule has 4 nitrogen and oxygen atoms in total. The van der Waals surface area contributed by atoms with Gasteiger partial charge in [-0.05, 0) is 30.5 Å². The van der Waals surface area contributed by atoms with Gasteiger partial charge in [-0.3, -0.25) is 0 Å². The molecule has 0 aliphatic heterocycles. The molecule has 86 valence electrons. The lowest BCUT2D eigenvalue weighted by atomic mass is 10.0. The van der Waals surface area contributed by atoms with Gasteiger partial charge in [-0.25, -0.2) is 0 Å². The molecular weight excluding hydrogens is 214 g/mol. The largest absolute Gasteiger partial charge is 0.338 e. The van der Waals surface area contributed by atoms with Crippen LogP contribution in [0, 0.1) is 25.2 Å². The van der Waals surface area contributed by atoms with Gasteiger partial charge in [-0.15, -0.1) is 0 Å². The highest BCUT2D eigenvalue weighted by atomic mass is 16.5. The molecule has 0 radical (unpaired) electrons. The molecule has 0 saturated carbocycles. The number of hydrogen-bond donors (Lipinski definition) is 0. The molecule has 0 atom stereocenters. The van der Waals surface area contributed by atoms with Crippen LogP contribution in [0.25, 0.3) is 0 Å². The van der Waals surface area contributed by atoms with Crippen molar-refractivity contribution in [2.24, 2.45) is 0 Å². The van der Waals surface area contributed by atoms with E-state index >= 15 is 0 Å². The van der Waals surface area contributed by atoms with E-state index < -0.39 is 0 Å². The Morgan fingerprint density at radius 2 is 2.12 bits per heavy atom. The van der Waals surface area contributed by atoms with Crippen LogP contribution in [-0.4, -0.2) is 10.1 Å². The van der Waals surface area contributed by atoms with Gasteiger partial charge in [0.15, 0.2) is 5.82 Å². The third-order valence-corrected chi connectivity index (χ3v) is 2.67. The Kier molecular flexibility index (Phi) is 3.20.